The first kappa shape index (κ1) is 15.7. The smallest absolute Gasteiger partial charge is 0.259 e. The van der Waals surface area contributed by atoms with Crippen molar-refractivity contribution in [3.63, 3.8) is 0 Å². The van der Waals surface area contributed by atoms with Gasteiger partial charge in [-0.2, -0.15) is 0 Å². The van der Waals surface area contributed by atoms with E-state index < -0.39 is 0 Å². The SMILES string of the molecule is Cc1oc(-c2ccccc2)nc1CSc1nc2ccccc2c(=O)[nH]1. The summed E-state index contributed by atoms with van der Waals surface area (Å²) >= 11 is 1.44. The van der Waals surface area contributed by atoms with Gasteiger partial charge >= 0.3 is 0 Å². The molecule has 0 unspecified atom stereocenters. The zero-order chi connectivity index (χ0) is 17.2. The van der Waals surface area contributed by atoms with Crippen LogP contribution in [-0.2, 0) is 5.75 Å². The normalized spacial score (nSPS) is 11.1. The van der Waals surface area contributed by atoms with Gasteiger partial charge < -0.3 is 9.40 Å². The number of hydrogen-bond donors (Lipinski definition) is 1. The number of rotatable bonds is 4. The molecule has 0 bridgehead atoms. The fourth-order valence-corrected chi connectivity index (χ4v) is 3.41. The van der Waals surface area contributed by atoms with Crippen molar-refractivity contribution in [3.05, 3.63) is 76.4 Å². The van der Waals surface area contributed by atoms with E-state index in [4.69, 9.17) is 4.42 Å². The number of aryl methyl sites for hydroxylation is 1. The second-order valence-electron chi connectivity index (χ2n) is 5.56. The van der Waals surface area contributed by atoms with E-state index in [9.17, 15) is 4.79 Å². The molecule has 5 nitrogen and oxygen atoms in total. The molecule has 25 heavy (non-hydrogen) atoms. The Morgan fingerprint density at radius 3 is 2.64 bits per heavy atom. The summed E-state index contributed by atoms with van der Waals surface area (Å²) < 4.78 is 5.77. The van der Waals surface area contributed by atoms with Gasteiger partial charge in [0.15, 0.2) is 5.16 Å². The van der Waals surface area contributed by atoms with Crippen LogP contribution in [0.2, 0.25) is 0 Å². The van der Waals surface area contributed by atoms with Crippen LogP contribution >= 0.6 is 11.8 Å². The van der Waals surface area contributed by atoms with E-state index in [0.29, 0.717) is 27.7 Å². The maximum atomic E-state index is 12.1. The predicted molar refractivity (Wildman–Crippen MR) is 98.6 cm³/mol. The van der Waals surface area contributed by atoms with Gasteiger partial charge in [-0.1, -0.05) is 42.1 Å². The number of hydrogen-bond acceptors (Lipinski definition) is 5. The zero-order valence-corrected chi connectivity index (χ0v) is 14.3. The highest BCUT2D eigenvalue weighted by atomic mass is 32.2. The van der Waals surface area contributed by atoms with Crippen LogP contribution in [0.4, 0.5) is 0 Å². The van der Waals surface area contributed by atoms with Crippen LogP contribution in [0.1, 0.15) is 11.5 Å². The molecule has 0 amide bonds. The molecule has 0 spiro atoms. The number of aromatic nitrogens is 3. The molecule has 0 aliphatic carbocycles. The first-order valence-corrected chi connectivity index (χ1v) is 8.83. The number of H-pyrrole nitrogens is 1. The van der Waals surface area contributed by atoms with Crippen LogP contribution in [0.3, 0.4) is 0 Å². The molecule has 0 atom stereocenters. The van der Waals surface area contributed by atoms with Crippen LogP contribution < -0.4 is 5.56 Å². The third-order valence-corrected chi connectivity index (χ3v) is 4.73. The fraction of sp³-hybridized carbons (Fsp3) is 0.105. The Bertz CT molecular complexity index is 1090. The van der Waals surface area contributed by atoms with Crippen LogP contribution in [0.15, 0.2) is 69.0 Å². The number of nitrogens with one attached hydrogen (secondary N) is 1. The molecule has 0 aliphatic heterocycles. The second-order valence-corrected chi connectivity index (χ2v) is 6.53. The van der Waals surface area contributed by atoms with Gasteiger partial charge in [-0.05, 0) is 31.2 Å². The van der Waals surface area contributed by atoms with Crippen molar-refractivity contribution in [3.8, 4) is 11.5 Å². The number of fused-ring (bicyclic) bond motifs is 1. The molecule has 2 heterocycles. The zero-order valence-electron chi connectivity index (χ0n) is 13.5. The summed E-state index contributed by atoms with van der Waals surface area (Å²) in [5.74, 6) is 1.95. The summed E-state index contributed by atoms with van der Waals surface area (Å²) in [5.41, 5.74) is 2.35. The van der Waals surface area contributed by atoms with Crippen molar-refractivity contribution in [2.45, 2.75) is 17.8 Å². The lowest BCUT2D eigenvalue weighted by atomic mass is 10.2. The Labute approximate surface area is 148 Å². The number of para-hydroxylation sites is 1. The molecular weight excluding hydrogens is 334 g/mol. The third kappa shape index (κ3) is 3.21. The molecular formula is C19H15N3O2S. The average Bonchev–Trinajstić information content (AvgIpc) is 3.02. The van der Waals surface area contributed by atoms with E-state index in [1.54, 1.807) is 6.07 Å². The van der Waals surface area contributed by atoms with E-state index in [1.165, 1.54) is 11.8 Å². The maximum Gasteiger partial charge on any atom is 0.259 e. The minimum Gasteiger partial charge on any atom is -0.441 e. The summed E-state index contributed by atoms with van der Waals surface area (Å²) in [5, 5.41) is 1.17. The molecule has 6 heteroatoms. The molecule has 2 aromatic carbocycles. The van der Waals surface area contributed by atoms with Gasteiger partial charge in [0, 0.05) is 11.3 Å². The molecule has 0 radical (unpaired) electrons. The lowest BCUT2D eigenvalue weighted by Gasteiger charge is -2.01. The standard InChI is InChI=1S/C19H15N3O2S/c1-12-16(20-18(24-12)13-7-3-2-4-8-13)11-25-19-21-15-10-6-5-9-14(15)17(23)22-19/h2-10H,11H2,1H3,(H,21,22,23). The van der Waals surface area contributed by atoms with Gasteiger partial charge in [0.1, 0.15) is 5.76 Å². The molecule has 0 saturated heterocycles. The van der Waals surface area contributed by atoms with Crippen molar-refractivity contribution >= 4 is 22.7 Å². The van der Waals surface area contributed by atoms with Crippen molar-refractivity contribution < 1.29 is 4.42 Å². The highest BCUT2D eigenvalue weighted by Crippen LogP contribution is 2.26. The Morgan fingerprint density at radius 1 is 1.04 bits per heavy atom. The fourth-order valence-electron chi connectivity index (χ4n) is 2.54. The summed E-state index contributed by atoms with van der Waals surface area (Å²) in [6.07, 6.45) is 0. The van der Waals surface area contributed by atoms with E-state index >= 15 is 0 Å². The van der Waals surface area contributed by atoms with Crippen molar-refractivity contribution in [1.82, 2.24) is 15.0 Å². The average molecular weight is 349 g/mol. The van der Waals surface area contributed by atoms with Crippen LogP contribution in [0.5, 0.6) is 0 Å². The third-order valence-electron chi connectivity index (χ3n) is 3.85. The van der Waals surface area contributed by atoms with E-state index in [1.807, 2.05) is 55.5 Å². The monoisotopic (exact) mass is 349 g/mol. The van der Waals surface area contributed by atoms with Crippen molar-refractivity contribution in [2.24, 2.45) is 0 Å². The number of benzene rings is 2. The van der Waals surface area contributed by atoms with Gasteiger partial charge in [0.25, 0.3) is 5.56 Å². The molecule has 2 aromatic heterocycles. The minimum atomic E-state index is -0.130. The van der Waals surface area contributed by atoms with Gasteiger partial charge in [0.05, 0.1) is 16.6 Å². The quantitative estimate of drug-likeness (QED) is 0.442. The summed E-state index contributed by atoms with van der Waals surface area (Å²) in [7, 11) is 0. The number of oxazole rings is 1. The second kappa shape index (κ2) is 6.57. The summed E-state index contributed by atoms with van der Waals surface area (Å²) in [6.45, 7) is 1.89. The number of thioether (sulfide) groups is 1. The van der Waals surface area contributed by atoms with Gasteiger partial charge in [0.2, 0.25) is 5.89 Å². The Morgan fingerprint density at radius 2 is 1.80 bits per heavy atom. The van der Waals surface area contributed by atoms with Crippen LogP contribution in [-0.4, -0.2) is 15.0 Å². The van der Waals surface area contributed by atoms with Crippen molar-refractivity contribution in [2.75, 3.05) is 0 Å². The molecule has 0 aliphatic rings. The van der Waals surface area contributed by atoms with E-state index in [2.05, 4.69) is 15.0 Å². The molecule has 0 fully saturated rings. The predicted octanol–water partition coefficient (Wildman–Crippen LogP) is 4.18. The minimum absolute atomic E-state index is 0.130. The first-order chi connectivity index (χ1) is 12.2. The highest BCUT2D eigenvalue weighted by molar-refractivity contribution is 7.98. The Hall–Kier alpha value is -2.86. The van der Waals surface area contributed by atoms with Crippen molar-refractivity contribution in [1.29, 1.82) is 0 Å². The number of aromatic amines is 1. The molecule has 4 aromatic rings. The lowest BCUT2D eigenvalue weighted by molar-refractivity contribution is 0.540. The summed E-state index contributed by atoms with van der Waals surface area (Å²) in [6, 6.07) is 17.1. The maximum absolute atomic E-state index is 12.1. The molecule has 1 N–H and O–H groups in total. The van der Waals surface area contributed by atoms with E-state index in [-0.39, 0.29) is 5.56 Å². The Kier molecular flexibility index (Phi) is 4.11. The van der Waals surface area contributed by atoms with Crippen LogP contribution in [0.25, 0.3) is 22.4 Å². The van der Waals surface area contributed by atoms with Gasteiger partial charge in [-0.15, -0.1) is 0 Å². The molecule has 124 valence electrons. The largest absolute Gasteiger partial charge is 0.441 e. The molecule has 0 saturated carbocycles. The summed E-state index contributed by atoms with van der Waals surface area (Å²) in [4.78, 5) is 24.0. The molecule has 4 rings (SSSR count). The first-order valence-electron chi connectivity index (χ1n) is 7.84. The van der Waals surface area contributed by atoms with Gasteiger partial charge in [-0.3, -0.25) is 4.79 Å². The lowest BCUT2D eigenvalue weighted by Crippen LogP contribution is -2.08. The highest BCUT2D eigenvalue weighted by Gasteiger charge is 2.12. The van der Waals surface area contributed by atoms with Crippen LogP contribution in [0, 0.1) is 6.92 Å². The topological polar surface area (TPSA) is 71.8 Å². The van der Waals surface area contributed by atoms with E-state index in [0.717, 1.165) is 17.0 Å². The van der Waals surface area contributed by atoms with Gasteiger partial charge in [-0.25, -0.2) is 9.97 Å². The Balaban J connectivity index is 1.58. The number of nitrogens with zero attached hydrogens (tertiary/aromatic N) is 2.